The van der Waals surface area contributed by atoms with Gasteiger partial charge in [-0.15, -0.1) is 0 Å². The minimum Gasteiger partial charge on any atom is -0.399 e. The van der Waals surface area contributed by atoms with Gasteiger partial charge in [0.1, 0.15) is 10.6 Å². The number of rotatable bonds is 3. The highest BCUT2D eigenvalue weighted by Gasteiger charge is 2.33. The van der Waals surface area contributed by atoms with Crippen LogP contribution in [-0.4, -0.2) is 13.4 Å². The third kappa shape index (κ3) is 3.77. The van der Waals surface area contributed by atoms with E-state index in [1.165, 1.54) is 0 Å². The Balaban J connectivity index is 1.86. The highest BCUT2D eigenvalue weighted by molar-refractivity contribution is 7.89. The second-order valence-corrected chi connectivity index (χ2v) is 7.62. The van der Waals surface area contributed by atoms with Gasteiger partial charge in [0.25, 0.3) is 0 Å². The van der Waals surface area contributed by atoms with E-state index in [4.69, 9.17) is 5.73 Å². The van der Waals surface area contributed by atoms with Gasteiger partial charge in [-0.3, -0.25) is 4.98 Å². The van der Waals surface area contributed by atoms with Crippen molar-refractivity contribution in [3.8, 4) is 0 Å². The zero-order valence-corrected chi connectivity index (χ0v) is 13.9. The average Bonchev–Trinajstić information content (AvgIpc) is 2.54. The monoisotopic (exact) mass is 371 g/mol. The number of alkyl halides is 3. The molecule has 1 aliphatic carbocycles. The Morgan fingerprint density at radius 1 is 1.20 bits per heavy atom. The summed E-state index contributed by atoms with van der Waals surface area (Å²) in [5, 5.41) is 0. The SMILES string of the molecule is Nc1ccc2c(c1)CCCC2NS(=O)(=O)c1ccc(C(F)(F)F)nc1. The van der Waals surface area contributed by atoms with Gasteiger partial charge in [0, 0.05) is 17.9 Å². The molecule has 0 aliphatic heterocycles. The molecule has 0 amide bonds. The molecule has 9 heteroatoms. The summed E-state index contributed by atoms with van der Waals surface area (Å²) in [4.78, 5) is 2.90. The number of fused-ring (bicyclic) bond motifs is 1. The molecule has 0 saturated carbocycles. The summed E-state index contributed by atoms with van der Waals surface area (Å²) in [6.45, 7) is 0. The van der Waals surface area contributed by atoms with E-state index < -0.39 is 27.9 Å². The smallest absolute Gasteiger partial charge is 0.399 e. The molecular weight excluding hydrogens is 355 g/mol. The number of halogens is 3. The van der Waals surface area contributed by atoms with E-state index in [1.807, 2.05) is 6.07 Å². The van der Waals surface area contributed by atoms with Crippen LogP contribution in [0.25, 0.3) is 0 Å². The van der Waals surface area contributed by atoms with E-state index in [0.717, 1.165) is 36.2 Å². The highest BCUT2D eigenvalue weighted by Crippen LogP contribution is 2.32. The first-order valence-corrected chi connectivity index (χ1v) is 9.09. The number of hydrogen-bond acceptors (Lipinski definition) is 4. The fraction of sp³-hybridized carbons (Fsp3) is 0.312. The number of nitrogens with one attached hydrogen (secondary N) is 1. The van der Waals surface area contributed by atoms with E-state index >= 15 is 0 Å². The molecule has 3 N–H and O–H groups in total. The van der Waals surface area contributed by atoms with Crippen molar-refractivity contribution in [1.82, 2.24) is 9.71 Å². The molecule has 1 heterocycles. The Labute approximate surface area is 143 Å². The van der Waals surface area contributed by atoms with E-state index in [2.05, 4.69) is 9.71 Å². The first-order valence-electron chi connectivity index (χ1n) is 7.61. The Morgan fingerprint density at radius 3 is 2.60 bits per heavy atom. The quantitative estimate of drug-likeness (QED) is 0.812. The van der Waals surface area contributed by atoms with E-state index in [0.29, 0.717) is 18.2 Å². The number of nitrogens with two attached hydrogens (primary N) is 1. The number of sulfonamides is 1. The van der Waals surface area contributed by atoms with E-state index in [1.54, 1.807) is 12.1 Å². The molecule has 5 nitrogen and oxygen atoms in total. The van der Waals surface area contributed by atoms with E-state index in [-0.39, 0.29) is 4.90 Å². The van der Waals surface area contributed by atoms with Crippen molar-refractivity contribution in [2.45, 2.75) is 36.4 Å². The van der Waals surface area contributed by atoms with Crippen LogP contribution < -0.4 is 10.5 Å². The molecule has 0 saturated heterocycles. The van der Waals surface area contributed by atoms with Crippen molar-refractivity contribution in [3.05, 3.63) is 53.3 Å². The molecule has 0 fully saturated rings. The highest BCUT2D eigenvalue weighted by atomic mass is 32.2. The van der Waals surface area contributed by atoms with Crippen LogP contribution in [0.1, 0.15) is 35.7 Å². The molecule has 1 atom stereocenters. The molecule has 1 aliphatic rings. The maximum atomic E-state index is 12.5. The molecule has 1 unspecified atom stereocenters. The maximum absolute atomic E-state index is 12.5. The number of nitrogen functional groups attached to an aromatic ring is 1. The number of aryl methyl sites for hydroxylation is 1. The lowest BCUT2D eigenvalue weighted by atomic mass is 9.88. The molecule has 1 aromatic carbocycles. The van der Waals surface area contributed by atoms with Crippen LogP contribution in [0, 0.1) is 0 Å². The first-order chi connectivity index (χ1) is 11.7. The van der Waals surface area contributed by atoms with Crippen LogP contribution in [0.3, 0.4) is 0 Å². The third-order valence-corrected chi connectivity index (χ3v) is 5.57. The number of pyridine rings is 1. The summed E-state index contributed by atoms with van der Waals surface area (Å²) in [6, 6.07) is 6.41. The summed E-state index contributed by atoms with van der Waals surface area (Å²) in [5.74, 6) is 0. The number of hydrogen-bond donors (Lipinski definition) is 2. The summed E-state index contributed by atoms with van der Waals surface area (Å²) in [7, 11) is -3.99. The van der Waals surface area contributed by atoms with E-state index in [9.17, 15) is 21.6 Å². The number of anilines is 1. The molecule has 25 heavy (non-hydrogen) atoms. The first kappa shape index (κ1) is 17.7. The van der Waals surface area contributed by atoms with Crippen molar-refractivity contribution in [2.75, 3.05) is 5.73 Å². The molecule has 0 radical (unpaired) electrons. The standard InChI is InChI=1S/C16H16F3N3O2S/c17-16(18,19)15-7-5-12(9-21-15)25(23,24)22-14-3-1-2-10-8-11(20)4-6-13(10)14/h4-9,14,22H,1-3,20H2. The van der Waals surface area contributed by atoms with Crippen LogP contribution in [0.4, 0.5) is 18.9 Å². The van der Waals surface area contributed by atoms with Crippen molar-refractivity contribution in [2.24, 2.45) is 0 Å². The molecular formula is C16H16F3N3O2S. The van der Waals surface area contributed by atoms with Gasteiger partial charge in [0.15, 0.2) is 0 Å². The Hall–Kier alpha value is -2.13. The van der Waals surface area contributed by atoms with Crippen LogP contribution >= 0.6 is 0 Å². The van der Waals surface area contributed by atoms with Gasteiger partial charge in [-0.1, -0.05) is 6.07 Å². The second-order valence-electron chi connectivity index (χ2n) is 5.90. The fourth-order valence-corrected chi connectivity index (χ4v) is 4.11. The summed E-state index contributed by atoms with van der Waals surface area (Å²) in [5.41, 5.74) is 7.04. The van der Waals surface area contributed by atoms with Gasteiger partial charge in [0.05, 0.1) is 0 Å². The average molecular weight is 371 g/mol. The minimum absolute atomic E-state index is 0.303. The molecule has 2 aromatic rings. The summed E-state index contributed by atoms with van der Waals surface area (Å²) in [6.07, 6.45) is -1.70. The minimum atomic E-state index is -4.61. The number of benzene rings is 1. The largest absolute Gasteiger partial charge is 0.433 e. The number of nitrogens with zero attached hydrogens (tertiary/aromatic N) is 1. The molecule has 1 aromatic heterocycles. The van der Waals surface area contributed by atoms with Crippen molar-refractivity contribution < 1.29 is 21.6 Å². The van der Waals surface area contributed by atoms with Crippen LogP contribution in [0.2, 0.25) is 0 Å². The molecule has 134 valence electrons. The van der Waals surface area contributed by atoms with Crippen LogP contribution in [0.5, 0.6) is 0 Å². The predicted octanol–water partition coefficient (Wildman–Crippen LogP) is 3.04. The Morgan fingerprint density at radius 2 is 1.96 bits per heavy atom. The third-order valence-electron chi connectivity index (χ3n) is 4.12. The van der Waals surface area contributed by atoms with Crippen molar-refractivity contribution >= 4 is 15.7 Å². The summed E-state index contributed by atoms with van der Waals surface area (Å²) < 4.78 is 65.2. The molecule has 3 rings (SSSR count). The van der Waals surface area contributed by atoms with Gasteiger partial charge in [-0.25, -0.2) is 13.1 Å². The van der Waals surface area contributed by atoms with Crippen LogP contribution in [0.15, 0.2) is 41.4 Å². The van der Waals surface area contributed by atoms with Crippen molar-refractivity contribution in [3.63, 3.8) is 0 Å². The van der Waals surface area contributed by atoms with Crippen molar-refractivity contribution in [1.29, 1.82) is 0 Å². The lowest BCUT2D eigenvalue weighted by Gasteiger charge is -2.26. The zero-order valence-electron chi connectivity index (χ0n) is 13.0. The predicted molar refractivity (Wildman–Crippen MR) is 86.1 cm³/mol. The Kier molecular flexibility index (Phi) is 4.46. The molecule has 0 bridgehead atoms. The van der Waals surface area contributed by atoms with Gasteiger partial charge in [-0.2, -0.15) is 13.2 Å². The van der Waals surface area contributed by atoms with Gasteiger partial charge < -0.3 is 5.73 Å². The zero-order chi connectivity index (χ0) is 18.2. The van der Waals surface area contributed by atoms with Gasteiger partial charge in [-0.05, 0) is 54.7 Å². The number of aromatic nitrogens is 1. The lowest BCUT2D eigenvalue weighted by Crippen LogP contribution is -2.31. The van der Waals surface area contributed by atoms with Gasteiger partial charge >= 0.3 is 6.18 Å². The normalized spacial score (nSPS) is 18.0. The lowest BCUT2D eigenvalue weighted by molar-refractivity contribution is -0.141. The second kappa shape index (κ2) is 6.30. The topological polar surface area (TPSA) is 85.1 Å². The summed E-state index contributed by atoms with van der Waals surface area (Å²) >= 11 is 0. The fourth-order valence-electron chi connectivity index (χ4n) is 2.92. The van der Waals surface area contributed by atoms with Gasteiger partial charge in [0.2, 0.25) is 10.0 Å². The molecule has 0 spiro atoms. The maximum Gasteiger partial charge on any atom is 0.433 e. The van der Waals surface area contributed by atoms with Crippen LogP contribution in [-0.2, 0) is 22.6 Å². The Bertz CT molecular complexity index is 880.